The van der Waals surface area contributed by atoms with E-state index in [1.54, 1.807) is 0 Å². The lowest BCUT2D eigenvalue weighted by molar-refractivity contribution is 0.320. The van der Waals surface area contributed by atoms with E-state index in [4.69, 9.17) is 4.74 Å². The molecule has 1 nitrogen and oxygen atoms in total. The Balaban J connectivity index is 1.82. The van der Waals surface area contributed by atoms with Gasteiger partial charge in [-0.25, -0.2) is 0 Å². The standard InChI is InChI=1S/C17H16Br2O/c18-10-12(14-5-1-3-7-16(14)19)9-13-11-20-17-8-4-2-6-15(13)17/h1-8,12-13H,9-11H2. The molecule has 0 fully saturated rings. The molecule has 0 spiro atoms. The average Bonchev–Trinajstić information content (AvgIpc) is 2.89. The Bertz CT molecular complexity index is 597. The summed E-state index contributed by atoms with van der Waals surface area (Å²) in [4.78, 5) is 0. The first kappa shape index (κ1) is 14.2. The molecule has 2 aromatic rings. The maximum atomic E-state index is 5.80. The molecule has 0 N–H and O–H groups in total. The molecule has 2 unspecified atom stereocenters. The highest BCUT2D eigenvalue weighted by atomic mass is 79.9. The van der Waals surface area contributed by atoms with Gasteiger partial charge in [-0.15, -0.1) is 0 Å². The molecule has 20 heavy (non-hydrogen) atoms. The number of halogens is 2. The van der Waals surface area contributed by atoms with Gasteiger partial charge in [0, 0.05) is 21.3 Å². The van der Waals surface area contributed by atoms with Crippen LogP contribution in [0.1, 0.15) is 29.4 Å². The Kier molecular flexibility index (Phi) is 4.47. The van der Waals surface area contributed by atoms with Crippen molar-refractivity contribution in [2.24, 2.45) is 0 Å². The summed E-state index contributed by atoms with van der Waals surface area (Å²) in [7, 11) is 0. The molecule has 0 amide bonds. The zero-order valence-corrected chi connectivity index (χ0v) is 14.2. The lowest BCUT2D eigenvalue weighted by Gasteiger charge is -2.19. The second-order valence-electron chi connectivity index (χ2n) is 5.15. The number of alkyl halides is 1. The monoisotopic (exact) mass is 394 g/mol. The number of fused-ring (bicyclic) bond motifs is 1. The predicted octanol–water partition coefficient (Wildman–Crippen LogP) is 5.49. The second-order valence-corrected chi connectivity index (χ2v) is 6.66. The molecule has 104 valence electrons. The molecular weight excluding hydrogens is 380 g/mol. The third-order valence-corrected chi connectivity index (χ3v) is 5.40. The summed E-state index contributed by atoms with van der Waals surface area (Å²) in [5, 5.41) is 0.967. The molecular formula is C17H16Br2O. The van der Waals surface area contributed by atoms with Gasteiger partial charge in [-0.1, -0.05) is 68.3 Å². The molecule has 0 aliphatic carbocycles. The van der Waals surface area contributed by atoms with Crippen molar-refractivity contribution < 1.29 is 4.74 Å². The van der Waals surface area contributed by atoms with E-state index in [2.05, 4.69) is 74.3 Å². The van der Waals surface area contributed by atoms with Crippen LogP contribution in [0.15, 0.2) is 53.0 Å². The number of hydrogen-bond donors (Lipinski definition) is 0. The Labute approximate surface area is 136 Å². The van der Waals surface area contributed by atoms with Crippen LogP contribution >= 0.6 is 31.9 Å². The quantitative estimate of drug-likeness (QED) is 0.621. The Morgan fingerprint density at radius 2 is 1.85 bits per heavy atom. The van der Waals surface area contributed by atoms with Gasteiger partial charge in [-0.05, 0) is 30.0 Å². The molecule has 0 radical (unpaired) electrons. The average molecular weight is 396 g/mol. The summed E-state index contributed by atoms with van der Waals surface area (Å²) in [5.41, 5.74) is 2.72. The van der Waals surface area contributed by atoms with E-state index in [0.717, 1.165) is 24.1 Å². The molecule has 3 heteroatoms. The zero-order valence-electron chi connectivity index (χ0n) is 11.1. The first-order valence-electron chi connectivity index (χ1n) is 6.81. The van der Waals surface area contributed by atoms with E-state index in [9.17, 15) is 0 Å². The van der Waals surface area contributed by atoms with Crippen LogP contribution in [0.4, 0.5) is 0 Å². The highest BCUT2D eigenvalue weighted by molar-refractivity contribution is 9.10. The summed E-state index contributed by atoms with van der Waals surface area (Å²) < 4.78 is 6.99. The summed E-state index contributed by atoms with van der Waals surface area (Å²) in [5.74, 6) is 2.03. The van der Waals surface area contributed by atoms with Crippen LogP contribution in [0, 0.1) is 0 Å². The molecule has 0 bridgehead atoms. The van der Waals surface area contributed by atoms with E-state index < -0.39 is 0 Å². The van der Waals surface area contributed by atoms with E-state index in [0.29, 0.717) is 11.8 Å². The summed E-state index contributed by atoms with van der Waals surface area (Å²) in [6.45, 7) is 0.799. The van der Waals surface area contributed by atoms with Crippen molar-refractivity contribution in [1.29, 1.82) is 0 Å². The van der Waals surface area contributed by atoms with Crippen molar-refractivity contribution in [2.45, 2.75) is 18.3 Å². The fourth-order valence-electron chi connectivity index (χ4n) is 2.85. The summed E-state index contributed by atoms with van der Waals surface area (Å²) in [6, 6.07) is 16.9. The second kappa shape index (κ2) is 6.31. The fraction of sp³-hybridized carbons (Fsp3) is 0.294. The normalized spacial score (nSPS) is 18.4. The van der Waals surface area contributed by atoms with Gasteiger partial charge in [0.1, 0.15) is 5.75 Å². The number of rotatable bonds is 4. The van der Waals surface area contributed by atoms with Gasteiger partial charge >= 0.3 is 0 Å². The minimum absolute atomic E-state index is 0.487. The van der Waals surface area contributed by atoms with Gasteiger partial charge in [0.15, 0.2) is 0 Å². The van der Waals surface area contributed by atoms with Crippen LogP contribution in [-0.4, -0.2) is 11.9 Å². The van der Waals surface area contributed by atoms with Gasteiger partial charge in [0.05, 0.1) is 6.61 Å². The van der Waals surface area contributed by atoms with Crippen molar-refractivity contribution in [3.63, 3.8) is 0 Å². The number of para-hydroxylation sites is 1. The summed E-state index contributed by atoms with van der Waals surface area (Å²) in [6.07, 6.45) is 1.10. The van der Waals surface area contributed by atoms with Crippen molar-refractivity contribution in [1.82, 2.24) is 0 Å². The lowest BCUT2D eigenvalue weighted by Crippen LogP contribution is -2.09. The molecule has 1 aliphatic rings. The largest absolute Gasteiger partial charge is 0.493 e. The molecule has 1 aliphatic heterocycles. The molecule has 0 aromatic heterocycles. The van der Waals surface area contributed by atoms with E-state index in [1.807, 2.05) is 6.07 Å². The van der Waals surface area contributed by atoms with Gasteiger partial charge < -0.3 is 4.74 Å². The predicted molar refractivity (Wildman–Crippen MR) is 90.0 cm³/mol. The van der Waals surface area contributed by atoms with E-state index in [-0.39, 0.29) is 0 Å². The maximum Gasteiger partial charge on any atom is 0.122 e. The Hall–Kier alpha value is -0.800. The minimum Gasteiger partial charge on any atom is -0.493 e. The molecule has 0 saturated carbocycles. The molecule has 2 aromatic carbocycles. The number of benzene rings is 2. The first-order valence-corrected chi connectivity index (χ1v) is 8.73. The van der Waals surface area contributed by atoms with Crippen LogP contribution in [0.5, 0.6) is 5.75 Å². The number of ether oxygens (including phenoxy) is 1. The SMILES string of the molecule is BrCC(CC1COc2ccccc21)c1ccccc1Br. The molecule has 1 heterocycles. The van der Waals surface area contributed by atoms with Crippen LogP contribution in [0.3, 0.4) is 0 Å². The van der Waals surface area contributed by atoms with Gasteiger partial charge in [0.25, 0.3) is 0 Å². The number of hydrogen-bond acceptors (Lipinski definition) is 1. The topological polar surface area (TPSA) is 9.23 Å². The minimum atomic E-state index is 0.487. The third kappa shape index (κ3) is 2.79. The van der Waals surface area contributed by atoms with Crippen LogP contribution in [0.2, 0.25) is 0 Å². The van der Waals surface area contributed by atoms with Gasteiger partial charge in [-0.3, -0.25) is 0 Å². The van der Waals surface area contributed by atoms with Crippen molar-refractivity contribution in [3.05, 3.63) is 64.1 Å². The highest BCUT2D eigenvalue weighted by Gasteiger charge is 2.27. The molecule has 3 rings (SSSR count). The van der Waals surface area contributed by atoms with Gasteiger partial charge in [0.2, 0.25) is 0 Å². The fourth-order valence-corrected chi connectivity index (χ4v) is 4.07. The zero-order chi connectivity index (χ0) is 13.9. The van der Waals surface area contributed by atoms with Crippen molar-refractivity contribution >= 4 is 31.9 Å². The first-order chi connectivity index (χ1) is 9.79. The molecule has 0 saturated heterocycles. The van der Waals surface area contributed by atoms with Gasteiger partial charge in [-0.2, -0.15) is 0 Å². The van der Waals surface area contributed by atoms with Crippen molar-refractivity contribution in [3.8, 4) is 5.75 Å². The Morgan fingerprint density at radius 1 is 1.10 bits per heavy atom. The maximum absolute atomic E-state index is 5.80. The van der Waals surface area contributed by atoms with Crippen molar-refractivity contribution in [2.75, 3.05) is 11.9 Å². The molecule has 2 atom stereocenters. The van der Waals surface area contributed by atoms with E-state index >= 15 is 0 Å². The third-order valence-electron chi connectivity index (χ3n) is 3.90. The Morgan fingerprint density at radius 3 is 2.65 bits per heavy atom. The van der Waals surface area contributed by atoms with E-state index in [1.165, 1.54) is 15.6 Å². The van der Waals surface area contributed by atoms with Crippen LogP contribution < -0.4 is 4.74 Å². The highest BCUT2D eigenvalue weighted by Crippen LogP contribution is 2.41. The summed E-state index contributed by atoms with van der Waals surface area (Å²) >= 11 is 7.34. The lowest BCUT2D eigenvalue weighted by atomic mass is 9.87. The van der Waals surface area contributed by atoms with Crippen LogP contribution in [0.25, 0.3) is 0 Å². The van der Waals surface area contributed by atoms with Crippen LogP contribution in [-0.2, 0) is 0 Å². The smallest absolute Gasteiger partial charge is 0.122 e.